The number of aromatic carboxylic acids is 1. The molecule has 8 heteroatoms. The fraction of sp³-hybridized carbons (Fsp3) is 0.250. The van der Waals surface area contributed by atoms with Gasteiger partial charge in [-0.05, 0) is 11.4 Å². The number of urea groups is 1. The minimum Gasteiger partial charge on any atom is -0.478 e. The number of carbonyl (C=O) groups excluding carboxylic acids is 1. The van der Waals surface area contributed by atoms with Gasteiger partial charge in [-0.15, -0.1) is 11.3 Å². The van der Waals surface area contributed by atoms with Gasteiger partial charge < -0.3 is 15.0 Å². The number of carboxylic acids is 1. The Labute approximate surface area is 119 Å². The summed E-state index contributed by atoms with van der Waals surface area (Å²) in [6.07, 6.45) is 4.13. The topological polar surface area (TPSA) is 96.3 Å². The molecule has 3 N–H and O–H groups in total. The maximum Gasteiger partial charge on any atom is 0.338 e. The maximum absolute atomic E-state index is 11.7. The first kappa shape index (κ1) is 14.1. The number of aryl methyl sites for hydroxylation is 1. The zero-order valence-electron chi connectivity index (χ0n) is 10.8. The summed E-state index contributed by atoms with van der Waals surface area (Å²) in [7, 11) is 1.88. The minimum absolute atomic E-state index is 0.0919. The summed E-state index contributed by atoms with van der Waals surface area (Å²) in [5, 5.41) is 16.1. The van der Waals surface area contributed by atoms with Crippen molar-refractivity contribution in [2.45, 2.75) is 6.42 Å². The van der Waals surface area contributed by atoms with Gasteiger partial charge in [0.25, 0.3) is 0 Å². The number of nitrogens with zero attached hydrogens (tertiary/aromatic N) is 2. The SMILES string of the molecule is Cn1ccnc1CCNC(=O)Nc1sccc1C(=O)O. The molecule has 2 rings (SSSR count). The lowest BCUT2D eigenvalue weighted by Crippen LogP contribution is -2.31. The number of amides is 2. The van der Waals surface area contributed by atoms with Gasteiger partial charge >= 0.3 is 12.0 Å². The van der Waals surface area contributed by atoms with Crippen molar-refractivity contribution in [3.05, 3.63) is 35.2 Å². The third-order valence-corrected chi connectivity index (χ3v) is 3.51. The Morgan fingerprint density at radius 2 is 2.30 bits per heavy atom. The first-order chi connectivity index (χ1) is 9.58. The van der Waals surface area contributed by atoms with Crippen LogP contribution >= 0.6 is 11.3 Å². The number of imidazole rings is 1. The molecule has 0 aliphatic rings. The second-order valence-electron chi connectivity index (χ2n) is 4.05. The predicted octanol–water partition coefficient (Wildman–Crippen LogP) is 1.54. The first-order valence-electron chi connectivity index (χ1n) is 5.89. The lowest BCUT2D eigenvalue weighted by Gasteiger charge is -2.07. The second-order valence-corrected chi connectivity index (χ2v) is 4.97. The fourth-order valence-corrected chi connectivity index (χ4v) is 2.42. The molecule has 0 spiro atoms. The van der Waals surface area contributed by atoms with Crippen LogP contribution in [0.4, 0.5) is 9.80 Å². The second kappa shape index (κ2) is 6.20. The summed E-state index contributed by atoms with van der Waals surface area (Å²) in [5.41, 5.74) is 0.0919. The molecule has 0 unspecified atom stereocenters. The number of thiophene rings is 1. The highest BCUT2D eigenvalue weighted by Gasteiger charge is 2.13. The molecular weight excluding hydrogens is 280 g/mol. The van der Waals surface area contributed by atoms with Crippen molar-refractivity contribution in [2.24, 2.45) is 7.05 Å². The molecule has 2 heterocycles. The van der Waals surface area contributed by atoms with Gasteiger partial charge in [-0.25, -0.2) is 14.6 Å². The molecule has 20 heavy (non-hydrogen) atoms. The lowest BCUT2D eigenvalue weighted by molar-refractivity contribution is 0.0698. The van der Waals surface area contributed by atoms with Crippen molar-refractivity contribution < 1.29 is 14.7 Å². The van der Waals surface area contributed by atoms with Crippen molar-refractivity contribution >= 4 is 28.3 Å². The van der Waals surface area contributed by atoms with Crippen LogP contribution in [0, 0.1) is 0 Å². The van der Waals surface area contributed by atoms with E-state index in [1.54, 1.807) is 11.6 Å². The largest absolute Gasteiger partial charge is 0.478 e. The van der Waals surface area contributed by atoms with Crippen LogP contribution in [0.3, 0.4) is 0 Å². The molecule has 0 saturated carbocycles. The van der Waals surface area contributed by atoms with Crippen molar-refractivity contribution in [3.8, 4) is 0 Å². The number of aromatic nitrogens is 2. The van der Waals surface area contributed by atoms with Gasteiger partial charge in [0.1, 0.15) is 10.8 Å². The highest BCUT2D eigenvalue weighted by atomic mass is 32.1. The van der Waals surface area contributed by atoms with Crippen molar-refractivity contribution in [3.63, 3.8) is 0 Å². The fourth-order valence-electron chi connectivity index (χ4n) is 1.65. The Morgan fingerprint density at radius 1 is 1.50 bits per heavy atom. The van der Waals surface area contributed by atoms with Crippen molar-refractivity contribution in [1.82, 2.24) is 14.9 Å². The summed E-state index contributed by atoms with van der Waals surface area (Å²) in [5.74, 6) is -0.192. The van der Waals surface area contributed by atoms with Crippen LogP contribution in [-0.2, 0) is 13.5 Å². The molecule has 0 fully saturated rings. The number of carboxylic acid groups (broad SMARTS) is 1. The molecule has 2 amide bonds. The predicted molar refractivity (Wildman–Crippen MR) is 75.2 cm³/mol. The van der Waals surface area contributed by atoms with Crippen molar-refractivity contribution in [1.29, 1.82) is 0 Å². The summed E-state index contributed by atoms with van der Waals surface area (Å²) < 4.78 is 1.88. The first-order valence-corrected chi connectivity index (χ1v) is 6.77. The number of anilines is 1. The van der Waals surface area contributed by atoms with Crippen molar-refractivity contribution in [2.75, 3.05) is 11.9 Å². The van der Waals surface area contributed by atoms with Gasteiger partial charge in [0, 0.05) is 32.4 Å². The smallest absolute Gasteiger partial charge is 0.338 e. The van der Waals surface area contributed by atoms with Gasteiger partial charge in [0.2, 0.25) is 0 Å². The van der Waals surface area contributed by atoms with Crippen LogP contribution in [0.5, 0.6) is 0 Å². The Balaban J connectivity index is 1.82. The van der Waals surface area contributed by atoms with Crippen LogP contribution < -0.4 is 10.6 Å². The highest BCUT2D eigenvalue weighted by molar-refractivity contribution is 7.14. The number of hydrogen-bond acceptors (Lipinski definition) is 4. The molecule has 2 aromatic rings. The number of carbonyl (C=O) groups is 2. The van der Waals surface area contributed by atoms with Crippen LogP contribution in [0.2, 0.25) is 0 Å². The Kier molecular flexibility index (Phi) is 4.36. The number of rotatable bonds is 5. The maximum atomic E-state index is 11.7. The molecule has 0 aromatic carbocycles. The molecule has 2 aromatic heterocycles. The third-order valence-electron chi connectivity index (χ3n) is 2.68. The van der Waals surface area contributed by atoms with Crippen LogP contribution in [-0.4, -0.2) is 33.2 Å². The van der Waals surface area contributed by atoms with Gasteiger partial charge in [-0.2, -0.15) is 0 Å². The lowest BCUT2D eigenvalue weighted by atomic mass is 10.3. The molecule has 0 radical (unpaired) electrons. The van der Waals surface area contributed by atoms with Gasteiger partial charge in [0.15, 0.2) is 0 Å². The molecular formula is C12H14N4O3S. The molecule has 0 bridgehead atoms. The Morgan fingerprint density at radius 3 is 2.95 bits per heavy atom. The Bertz CT molecular complexity index is 620. The quantitative estimate of drug-likeness (QED) is 0.779. The van der Waals surface area contributed by atoms with E-state index in [0.717, 1.165) is 5.82 Å². The zero-order chi connectivity index (χ0) is 14.5. The standard InChI is InChI=1S/C12H14N4O3S/c1-16-6-5-13-9(16)2-4-14-12(19)15-10-8(11(17)18)3-7-20-10/h3,5-7H,2,4H2,1H3,(H,17,18)(H2,14,15,19). The van der Waals surface area contributed by atoms with E-state index in [-0.39, 0.29) is 5.56 Å². The van der Waals surface area contributed by atoms with E-state index in [1.807, 2.05) is 17.8 Å². The van der Waals surface area contributed by atoms with Gasteiger partial charge in [0.05, 0.1) is 5.56 Å². The summed E-state index contributed by atoms with van der Waals surface area (Å²) in [6, 6.07) is 1.03. The van der Waals surface area contributed by atoms with Gasteiger partial charge in [-0.3, -0.25) is 5.32 Å². The third kappa shape index (κ3) is 3.35. The van der Waals surface area contributed by atoms with E-state index in [1.165, 1.54) is 17.4 Å². The molecule has 0 aliphatic carbocycles. The normalized spacial score (nSPS) is 10.2. The minimum atomic E-state index is -1.06. The van der Waals surface area contributed by atoms with E-state index in [4.69, 9.17) is 5.11 Å². The van der Waals surface area contributed by atoms with E-state index in [0.29, 0.717) is 18.0 Å². The molecule has 0 aliphatic heterocycles. The highest BCUT2D eigenvalue weighted by Crippen LogP contribution is 2.22. The van der Waals surface area contributed by atoms with E-state index >= 15 is 0 Å². The average molecular weight is 294 g/mol. The van der Waals surface area contributed by atoms with Crippen LogP contribution in [0.15, 0.2) is 23.8 Å². The summed E-state index contributed by atoms with van der Waals surface area (Å²) >= 11 is 1.17. The zero-order valence-corrected chi connectivity index (χ0v) is 11.6. The number of nitrogens with one attached hydrogen (secondary N) is 2. The average Bonchev–Trinajstić information content (AvgIpc) is 2.99. The molecule has 0 saturated heterocycles. The summed E-state index contributed by atoms with van der Waals surface area (Å²) in [6.45, 7) is 0.421. The monoisotopic (exact) mass is 294 g/mol. The van der Waals surface area contributed by atoms with Gasteiger partial charge in [-0.1, -0.05) is 0 Å². The molecule has 7 nitrogen and oxygen atoms in total. The van der Waals surface area contributed by atoms with E-state index in [9.17, 15) is 9.59 Å². The molecule has 0 atom stereocenters. The Hall–Kier alpha value is -2.35. The number of hydrogen-bond donors (Lipinski definition) is 3. The van der Waals surface area contributed by atoms with E-state index in [2.05, 4.69) is 15.6 Å². The van der Waals surface area contributed by atoms with Crippen LogP contribution in [0.1, 0.15) is 16.2 Å². The molecule has 106 valence electrons. The summed E-state index contributed by atoms with van der Waals surface area (Å²) in [4.78, 5) is 26.7. The van der Waals surface area contributed by atoms with E-state index < -0.39 is 12.0 Å². The van der Waals surface area contributed by atoms with Crippen LogP contribution in [0.25, 0.3) is 0 Å².